The standard InChI is InChI=1S/C8H12N2/c1-3-7-4-6(2)10-5-8(7)9/h4-5H,3,9H2,1-2H3. The molecule has 0 aliphatic carbocycles. The van der Waals surface area contributed by atoms with Gasteiger partial charge in [0.1, 0.15) is 0 Å². The summed E-state index contributed by atoms with van der Waals surface area (Å²) < 4.78 is 0. The van der Waals surface area contributed by atoms with Crippen molar-refractivity contribution in [1.82, 2.24) is 4.98 Å². The summed E-state index contributed by atoms with van der Waals surface area (Å²) in [6.45, 7) is 4.06. The fourth-order valence-electron chi connectivity index (χ4n) is 0.933. The third-order valence-electron chi connectivity index (χ3n) is 1.54. The van der Waals surface area contributed by atoms with Gasteiger partial charge in [-0.25, -0.2) is 0 Å². The van der Waals surface area contributed by atoms with Gasteiger partial charge in [0.2, 0.25) is 0 Å². The molecule has 2 nitrogen and oxygen atoms in total. The van der Waals surface area contributed by atoms with Crippen LogP contribution in [0, 0.1) is 6.92 Å². The summed E-state index contributed by atoms with van der Waals surface area (Å²) in [4.78, 5) is 4.06. The third kappa shape index (κ3) is 1.26. The lowest BCUT2D eigenvalue weighted by molar-refractivity contribution is 1.09. The predicted molar refractivity (Wildman–Crippen MR) is 42.8 cm³/mol. The molecule has 0 unspecified atom stereocenters. The molecular weight excluding hydrogens is 124 g/mol. The Bertz CT molecular complexity index is 231. The van der Waals surface area contributed by atoms with E-state index in [1.165, 1.54) is 5.56 Å². The highest BCUT2D eigenvalue weighted by molar-refractivity contribution is 5.44. The van der Waals surface area contributed by atoms with Crippen molar-refractivity contribution in [3.63, 3.8) is 0 Å². The molecular formula is C8H12N2. The Labute approximate surface area is 61.1 Å². The van der Waals surface area contributed by atoms with Gasteiger partial charge < -0.3 is 5.73 Å². The maximum absolute atomic E-state index is 5.64. The molecule has 0 aromatic carbocycles. The maximum atomic E-state index is 5.64. The number of aromatic nitrogens is 1. The van der Waals surface area contributed by atoms with Gasteiger partial charge in [-0.05, 0) is 25.0 Å². The Morgan fingerprint density at radius 1 is 1.60 bits per heavy atom. The Balaban J connectivity index is 3.09. The van der Waals surface area contributed by atoms with Gasteiger partial charge in [-0.1, -0.05) is 6.92 Å². The van der Waals surface area contributed by atoms with Crippen molar-refractivity contribution in [2.24, 2.45) is 0 Å². The minimum Gasteiger partial charge on any atom is -0.397 e. The van der Waals surface area contributed by atoms with E-state index in [2.05, 4.69) is 11.9 Å². The molecule has 1 heterocycles. The average Bonchev–Trinajstić information content (AvgIpc) is 1.94. The van der Waals surface area contributed by atoms with Crippen molar-refractivity contribution in [2.75, 3.05) is 5.73 Å². The van der Waals surface area contributed by atoms with E-state index in [9.17, 15) is 0 Å². The summed E-state index contributed by atoms with van der Waals surface area (Å²) in [5, 5.41) is 0. The summed E-state index contributed by atoms with van der Waals surface area (Å²) in [7, 11) is 0. The number of rotatable bonds is 1. The van der Waals surface area contributed by atoms with E-state index in [0.717, 1.165) is 17.8 Å². The first-order chi connectivity index (χ1) is 4.74. The third-order valence-corrected chi connectivity index (χ3v) is 1.54. The van der Waals surface area contributed by atoms with E-state index in [1.54, 1.807) is 6.20 Å². The summed E-state index contributed by atoms with van der Waals surface area (Å²) in [5.74, 6) is 0. The molecule has 0 bridgehead atoms. The van der Waals surface area contributed by atoms with Crippen LogP contribution in [-0.2, 0) is 6.42 Å². The molecule has 0 saturated heterocycles. The largest absolute Gasteiger partial charge is 0.397 e. The van der Waals surface area contributed by atoms with Crippen LogP contribution in [0.15, 0.2) is 12.3 Å². The van der Waals surface area contributed by atoms with Crippen LogP contribution in [0.2, 0.25) is 0 Å². The summed E-state index contributed by atoms with van der Waals surface area (Å²) >= 11 is 0. The smallest absolute Gasteiger partial charge is 0.0533 e. The van der Waals surface area contributed by atoms with E-state index in [0.29, 0.717) is 0 Å². The second-order valence-corrected chi connectivity index (χ2v) is 2.38. The lowest BCUT2D eigenvalue weighted by Crippen LogP contribution is -1.94. The SMILES string of the molecule is CCc1cc(C)ncc1N. The lowest BCUT2D eigenvalue weighted by Gasteiger charge is -2.01. The highest BCUT2D eigenvalue weighted by Crippen LogP contribution is 2.10. The zero-order valence-corrected chi connectivity index (χ0v) is 6.39. The van der Waals surface area contributed by atoms with Crippen LogP contribution in [0.1, 0.15) is 18.2 Å². The molecule has 0 atom stereocenters. The predicted octanol–water partition coefficient (Wildman–Crippen LogP) is 1.53. The molecule has 10 heavy (non-hydrogen) atoms. The Morgan fingerprint density at radius 2 is 2.30 bits per heavy atom. The van der Waals surface area contributed by atoms with Gasteiger partial charge >= 0.3 is 0 Å². The molecule has 1 aromatic heterocycles. The monoisotopic (exact) mass is 136 g/mol. The zero-order chi connectivity index (χ0) is 7.56. The Kier molecular flexibility index (Phi) is 1.90. The molecule has 0 spiro atoms. The molecule has 1 rings (SSSR count). The van der Waals surface area contributed by atoms with Gasteiger partial charge in [-0.2, -0.15) is 0 Å². The number of aryl methyl sites for hydroxylation is 2. The quantitative estimate of drug-likeness (QED) is 0.636. The summed E-state index contributed by atoms with van der Waals surface area (Å²) in [6, 6.07) is 2.02. The van der Waals surface area contributed by atoms with Gasteiger partial charge in [-0.15, -0.1) is 0 Å². The van der Waals surface area contributed by atoms with Crippen LogP contribution in [0.25, 0.3) is 0 Å². The molecule has 0 amide bonds. The molecule has 0 aliphatic rings. The fraction of sp³-hybridized carbons (Fsp3) is 0.375. The number of nitrogen functional groups attached to an aromatic ring is 1. The summed E-state index contributed by atoms with van der Waals surface area (Å²) in [5.41, 5.74) is 8.66. The van der Waals surface area contributed by atoms with E-state index in [4.69, 9.17) is 5.73 Å². The average molecular weight is 136 g/mol. The molecule has 54 valence electrons. The molecule has 0 fully saturated rings. The topological polar surface area (TPSA) is 38.9 Å². The first-order valence-corrected chi connectivity index (χ1v) is 3.45. The van der Waals surface area contributed by atoms with E-state index in [1.807, 2.05) is 13.0 Å². The normalized spacial score (nSPS) is 9.80. The van der Waals surface area contributed by atoms with Crippen molar-refractivity contribution in [3.05, 3.63) is 23.5 Å². The molecule has 1 aromatic rings. The Hall–Kier alpha value is -1.05. The highest BCUT2D eigenvalue weighted by Gasteiger charge is 1.95. The van der Waals surface area contributed by atoms with E-state index in [-0.39, 0.29) is 0 Å². The number of nitrogens with two attached hydrogens (primary N) is 1. The van der Waals surface area contributed by atoms with Crippen molar-refractivity contribution in [1.29, 1.82) is 0 Å². The fourth-order valence-corrected chi connectivity index (χ4v) is 0.933. The van der Waals surface area contributed by atoms with Gasteiger partial charge in [-0.3, -0.25) is 4.98 Å². The molecule has 2 heteroatoms. The molecule has 0 radical (unpaired) electrons. The lowest BCUT2D eigenvalue weighted by atomic mass is 10.1. The number of pyridine rings is 1. The number of anilines is 1. The van der Waals surface area contributed by atoms with Gasteiger partial charge in [0, 0.05) is 5.69 Å². The second kappa shape index (κ2) is 2.69. The van der Waals surface area contributed by atoms with Gasteiger partial charge in [0.15, 0.2) is 0 Å². The minimum absolute atomic E-state index is 0.799. The van der Waals surface area contributed by atoms with Crippen LogP contribution in [0.3, 0.4) is 0 Å². The van der Waals surface area contributed by atoms with Crippen molar-refractivity contribution >= 4 is 5.69 Å². The molecule has 2 N–H and O–H groups in total. The minimum atomic E-state index is 0.799. The maximum Gasteiger partial charge on any atom is 0.0533 e. The molecule has 0 aliphatic heterocycles. The molecule has 0 saturated carbocycles. The first kappa shape index (κ1) is 7.06. The zero-order valence-electron chi connectivity index (χ0n) is 6.39. The summed E-state index contributed by atoms with van der Waals surface area (Å²) in [6.07, 6.45) is 2.70. The highest BCUT2D eigenvalue weighted by atomic mass is 14.7. The van der Waals surface area contributed by atoms with Crippen LogP contribution < -0.4 is 5.73 Å². The number of hydrogen-bond acceptors (Lipinski definition) is 2. The van der Waals surface area contributed by atoms with E-state index >= 15 is 0 Å². The van der Waals surface area contributed by atoms with Crippen LogP contribution in [0.5, 0.6) is 0 Å². The van der Waals surface area contributed by atoms with Gasteiger partial charge in [0.25, 0.3) is 0 Å². The van der Waals surface area contributed by atoms with E-state index < -0.39 is 0 Å². The number of hydrogen-bond donors (Lipinski definition) is 1. The van der Waals surface area contributed by atoms with Crippen molar-refractivity contribution in [3.8, 4) is 0 Å². The second-order valence-electron chi connectivity index (χ2n) is 2.38. The van der Waals surface area contributed by atoms with Crippen molar-refractivity contribution in [2.45, 2.75) is 20.3 Å². The number of nitrogens with zero attached hydrogens (tertiary/aromatic N) is 1. The first-order valence-electron chi connectivity index (χ1n) is 3.45. The Morgan fingerprint density at radius 3 is 2.80 bits per heavy atom. The van der Waals surface area contributed by atoms with Crippen LogP contribution >= 0.6 is 0 Å². The van der Waals surface area contributed by atoms with Gasteiger partial charge in [0.05, 0.1) is 11.9 Å². The van der Waals surface area contributed by atoms with Crippen molar-refractivity contribution < 1.29 is 0 Å². The van der Waals surface area contributed by atoms with Crippen LogP contribution in [0.4, 0.5) is 5.69 Å². The van der Waals surface area contributed by atoms with Crippen LogP contribution in [-0.4, -0.2) is 4.98 Å².